The van der Waals surface area contributed by atoms with E-state index in [0.717, 1.165) is 17.8 Å². The molecule has 1 aliphatic rings. The van der Waals surface area contributed by atoms with E-state index in [4.69, 9.17) is 0 Å². The van der Waals surface area contributed by atoms with Crippen LogP contribution in [0.2, 0.25) is 0 Å². The maximum atomic E-state index is 2.51. The van der Waals surface area contributed by atoms with Gasteiger partial charge in [0.05, 0.1) is 0 Å². The summed E-state index contributed by atoms with van der Waals surface area (Å²) in [6.45, 7) is 7.19. The van der Waals surface area contributed by atoms with Crippen LogP contribution in [0.1, 0.15) is 78.6 Å². The molecule has 0 aromatic carbocycles. The van der Waals surface area contributed by atoms with E-state index in [1.54, 1.807) is 0 Å². The highest BCUT2D eigenvalue weighted by Gasteiger charge is 2.27. The van der Waals surface area contributed by atoms with Gasteiger partial charge < -0.3 is 0 Å². The van der Waals surface area contributed by atoms with Crippen LogP contribution in [-0.2, 0) is 0 Å². The molecule has 0 aliphatic heterocycles. The zero-order chi connectivity index (χ0) is 11.1. The van der Waals surface area contributed by atoms with Crippen molar-refractivity contribution in [1.29, 1.82) is 0 Å². The first-order valence-electron chi connectivity index (χ1n) is 7.29. The molecule has 3 unspecified atom stereocenters. The summed E-state index contributed by atoms with van der Waals surface area (Å²) in [6, 6.07) is 0. The third kappa shape index (κ3) is 4.17. The summed E-state index contributed by atoms with van der Waals surface area (Å²) in [4.78, 5) is 0. The van der Waals surface area contributed by atoms with E-state index in [9.17, 15) is 0 Å². The SMILES string of the molecule is CCCCC1C(C)CCCCC1CCC. The molecule has 0 N–H and O–H groups in total. The van der Waals surface area contributed by atoms with E-state index >= 15 is 0 Å². The van der Waals surface area contributed by atoms with E-state index in [1.165, 1.54) is 57.8 Å². The first-order chi connectivity index (χ1) is 7.29. The molecule has 15 heavy (non-hydrogen) atoms. The van der Waals surface area contributed by atoms with Crippen molar-refractivity contribution in [3.8, 4) is 0 Å². The van der Waals surface area contributed by atoms with Gasteiger partial charge >= 0.3 is 0 Å². The Morgan fingerprint density at radius 1 is 0.933 bits per heavy atom. The second-order valence-corrected chi connectivity index (χ2v) is 5.62. The summed E-state index contributed by atoms with van der Waals surface area (Å²) in [7, 11) is 0. The van der Waals surface area contributed by atoms with E-state index < -0.39 is 0 Å². The first-order valence-corrected chi connectivity index (χ1v) is 7.29. The van der Waals surface area contributed by atoms with Crippen molar-refractivity contribution in [2.75, 3.05) is 0 Å². The molecule has 0 heteroatoms. The van der Waals surface area contributed by atoms with Crippen LogP contribution in [0.4, 0.5) is 0 Å². The lowest BCUT2D eigenvalue weighted by molar-refractivity contribution is 0.210. The van der Waals surface area contributed by atoms with E-state index in [2.05, 4.69) is 20.8 Å². The Balaban J connectivity index is 2.52. The van der Waals surface area contributed by atoms with Crippen molar-refractivity contribution in [1.82, 2.24) is 0 Å². The maximum absolute atomic E-state index is 2.51. The van der Waals surface area contributed by atoms with Crippen LogP contribution in [0.3, 0.4) is 0 Å². The maximum Gasteiger partial charge on any atom is -0.0360 e. The summed E-state index contributed by atoms with van der Waals surface area (Å²) in [5.41, 5.74) is 0. The Kier molecular flexibility index (Phi) is 6.36. The number of hydrogen-bond donors (Lipinski definition) is 0. The van der Waals surface area contributed by atoms with Gasteiger partial charge in [-0.1, -0.05) is 72.1 Å². The van der Waals surface area contributed by atoms with Crippen LogP contribution < -0.4 is 0 Å². The highest BCUT2D eigenvalue weighted by atomic mass is 14.3. The Bertz CT molecular complexity index is 150. The van der Waals surface area contributed by atoms with Gasteiger partial charge in [-0.3, -0.25) is 0 Å². The average molecular weight is 210 g/mol. The lowest BCUT2D eigenvalue weighted by atomic mass is 9.76. The predicted octanol–water partition coefficient (Wildman–Crippen LogP) is 5.42. The van der Waals surface area contributed by atoms with Gasteiger partial charge in [0.1, 0.15) is 0 Å². The van der Waals surface area contributed by atoms with Crippen LogP contribution in [0.5, 0.6) is 0 Å². The fourth-order valence-corrected chi connectivity index (χ4v) is 3.45. The molecule has 1 saturated carbocycles. The molecule has 1 fully saturated rings. The Morgan fingerprint density at radius 2 is 1.67 bits per heavy atom. The van der Waals surface area contributed by atoms with Gasteiger partial charge in [0, 0.05) is 0 Å². The molecule has 0 spiro atoms. The molecule has 0 heterocycles. The summed E-state index contributed by atoms with van der Waals surface area (Å²) in [5, 5.41) is 0. The Morgan fingerprint density at radius 3 is 2.33 bits per heavy atom. The Hall–Kier alpha value is 0. The molecule has 0 aromatic heterocycles. The third-order valence-corrected chi connectivity index (χ3v) is 4.37. The second-order valence-electron chi connectivity index (χ2n) is 5.62. The summed E-state index contributed by atoms with van der Waals surface area (Å²) in [5.74, 6) is 3.10. The molecular weight excluding hydrogens is 180 g/mol. The van der Waals surface area contributed by atoms with Crippen LogP contribution in [0.25, 0.3) is 0 Å². The summed E-state index contributed by atoms with van der Waals surface area (Å²) >= 11 is 0. The zero-order valence-corrected chi connectivity index (χ0v) is 11.1. The molecule has 0 nitrogen and oxygen atoms in total. The Labute approximate surface area is 96.8 Å². The molecule has 90 valence electrons. The quantitative estimate of drug-likeness (QED) is 0.532. The third-order valence-electron chi connectivity index (χ3n) is 4.37. The van der Waals surface area contributed by atoms with Crippen LogP contribution in [0, 0.1) is 17.8 Å². The van der Waals surface area contributed by atoms with Gasteiger partial charge in [0.15, 0.2) is 0 Å². The van der Waals surface area contributed by atoms with Gasteiger partial charge in [-0.25, -0.2) is 0 Å². The molecule has 1 aliphatic carbocycles. The largest absolute Gasteiger partial charge is 0.0654 e. The van der Waals surface area contributed by atoms with E-state index in [-0.39, 0.29) is 0 Å². The summed E-state index contributed by atoms with van der Waals surface area (Å²) in [6.07, 6.45) is 13.2. The smallest absolute Gasteiger partial charge is 0.0360 e. The fourth-order valence-electron chi connectivity index (χ4n) is 3.45. The van der Waals surface area contributed by atoms with Crippen LogP contribution in [0.15, 0.2) is 0 Å². The zero-order valence-electron chi connectivity index (χ0n) is 11.1. The molecule has 0 bridgehead atoms. The number of unbranched alkanes of at least 4 members (excludes halogenated alkanes) is 1. The van der Waals surface area contributed by atoms with Crippen molar-refractivity contribution < 1.29 is 0 Å². The van der Waals surface area contributed by atoms with Gasteiger partial charge in [-0.05, 0) is 24.2 Å². The highest BCUT2D eigenvalue weighted by Crippen LogP contribution is 2.38. The van der Waals surface area contributed by atoms with Gasteiger partial charge in [-0.2, -0.15) is 0 Å². The second kappa shape index (κ2) is 7.30. The minimum atomic E-state index is 0.996. The van der Waals surface area contributed by atoms with E-state index in [1.807, 2.05) is 0 Å². The highest BCUT2D eigenvalue weighted by molar-refractivity contribution is 4.78. The number of hydrogen-bond acceptors (Lipinski definition) is 0. The van der Waals surface area contributed by atoms with Crippen LogP contribution >= 0.6 is 0 Å². The van der Waals surface area contributed by atoms with Gasteiger partial charge in [0.2, 0.25) is 0 Å². The minimum absolute atomic E-state index is 0.996. The average Bonchev–Trinajstić information content (AvgIpc) is 2.39. The lowest BCUT2D eigenvalue weighted by Gasteiger charge is -2.29. The van der Waals surface area contributed by atoms with Crippen molar-refractivity contribution in [3.63, 3.8) is 0 Å². The predicted molar refractivity (Wildman–Crippen MR) is 69.0 cm³/mol. The molecule has 0 aromatic rings. The van der Waals surface area contributed by atoms with Crippen molar-refractivity contribution in [2.45, 2.75) is 78.6 Å². The number of rotatable bonds is 5. The molecule has 3 atom stereocenters. The monoisotopic (exact) mass is 210 g/mol. The van der Waals surface area contributed by atoms with Crippen molar-refractivity contribution in [2.24, 2.45) is 17.8 Å². The normalized spacial score (nSPS) is 32.6. The molecule has 0 saturated heterocycles. The van der Waals surface area contributed by atoms with Gasteiger partial charge in [-0.15, -0.1) is 0 Å². The molecular formula is C15H30. The van der Waals surface area contributed by atoms with Crippen LogP contribution in [-0.4, -0.2) is 0 Å². The summed E-state index contributed by atoms with van der Waals surface area (Å²) < 4.78 is 0. The first kappa shape index (κ1) is 13.1. The fraction of sp³-hybridized carbons (Fsp3) is 1.00. The van der Waals surface area contributed by atoms with E-state index in [0.29, 0.717) is 0 Å². The standard InChI is InChI=1S/C15H30/c1-4-6-12-15-13(3)10-7-8-11-14(15)9-5-2/h13-15H,4-12H2,1-3H3. The van der Waals surface area contributed by atoms with Crippen molar-refractivity contribution >= 4 is 0 Å². The molecule has 0 radical (unpaired) electrons. The minimum Gasteiger partial charge on any atom is -0.0654 e. The van der Waals surface area contributed by atoms with Gasteiger partial charge in [0.25, 0.3) is 0 Å². The topological polar surface area (TPSA) is 0 Å². The lowest BCUT2D eigenvalue weighted by Crippen LogP contribution is -2.20. The molecule has 1 rings (SSSR count). The molecule has 0 amide bonds. The van der Waals surface area contributed by atoms with Crippen molar-refractivity contribution in [3.05, 3.63) is 0 Å².